The molecule has 1 atom stereocenters. The van der Waals surface area contributed by atoms with Crippen molar-refractivity contribution in [2.24, 2.45) is 0 Å². The second kappa shape index (κ2) is 5.13. The van der Waals surface area contributed by atoms with E-state index in [-0.39, 0.29) is 12.3 Å². The Hall–Kier alpha value is -1.63. The predicted octanol–water partition coefficient (Wildman–Crippen LogP) is 1.21. The normalized spacial score (nSPS) is 13.2. The minimum atomic E-state index is -4.47. The van der Waals surface area contributed by atoms with E-state index in [4.69, 9.17) is 5.11 Å². The van der Waals surface area contributed by atoms with Crippen LogP contribution in [-0.4, -0.2) is 28.6 Å². The van der Waals surface area contributed by atoms with Crippen molar-refractivity contribution in [1.82, 2.24) is 10.3 Å². The summed E-state index contributed by atoms with van der Waals surface area (Å²) >= 11 is 0. The first kappa shape index (κ1) is 13.4. The summed E-state index contributed by atoms with van der Waals surface area (Å²) in [5.41, 5.74) is -1.04. The molecule has 0 spiro atoms. The predicted molar refractivity (Wildman–Crippen MR) is 53.3 cm³/mol. The lowest BCUT2D eigenvalue weighted by molar-refractivity contribution is -0.137. The van der Waals surface area contributed by atoms with Crippen molar-refractivity contribution >= 4 is 5.91 Å². The van der Waals surface area contributed by atoms with Crippen molar-refractivity contribution in [1.29, 1.82) is 0 Å². The zero-order valence-electron chi connectivity index (χ0n) is 8.95. The monoisotopic (exact) mass is 248 g/mol. The minimum Gasteiger partial charge on any atom is -0.394 e. The number of hydrogen-bond donors (Lipinski definition) is 2. The molecule has 4 nitrogen and oxygen atoms in total. The minimum absolute atomic E-state index is 0.127. The van der Waals surface area contributed by atoms with Crippen LogP contribution in [0.3, 0.4) is 0 Å². The Balaban J connectivity index is 2.78. The highest BCUT2D eigenvalue weighted by Gasteiger charge is 2.30. The largest absolute Gasteiger partial charge is 0.417 e. The van der Waals surface area contributed by atoms with E-state index in [0.29, 0.717) is 6.20 Å². The maximum atomic E-state index is 12.2. The molecule has 1 aromatic heterocycles. The van der Waals surface area contributed by atoms with E-state index in [9.17, 15) is 18.0 Å². The molecule has 0 saturated heterocycles. The van der Waals surface area contributed by atoms with Gasteiger partial charge < -0.3 is 10.4 Å². The van der Waals surface area contributed by atoms with Crippen molar-refractivity contribution in [2.45, 2.75) is 19.1 Å². The fourth-order valence-corrected chi connectivity index (χ4v) is 1.04. The summed E-state index contributed by atoms with van der Waals surface area (Å²) in [5, 5.41) is 11.1. The number of pyridine rings is 1. The van der Waals surface area contributed by atoms with E-state index in [1.54, 1.807) is 6.92 Å². The number of carbonyl (C=O) groups excluding carboxylic acids is 1. The summed E-state index contributed by atoms with van der Waals surface area (Å²) in [5.74, 6) is -0.625. The lowest BCUT2D eigenvalue weighted by Crippen LogP contribution is -2.35. The molecule has 1 heterocycles. The van der Waals surface area contributed by atoms with Gasteiger partial charge in [0.2, 0.25) is 0 Å². The lowest BCUT2D eigenvalue weighted by Gasteiger charge is -2.10. The van der Waals surface area contributed by atoms with Crippen LogP contribution in [0, 0.1) is 0 Å². The first-order valence-electron chi connectivity index (χ1n) is 4.79. The summed E-state index contributed by atoms with van der Waals surface area (Å²) in [6.07, 6.45) is -3.88. The highest BCUT2D eigenvalue weighted by atomic mass is 19.4. The summed E-state index contributed by atoms with van der Waals surface area (Å²) in [4.78, 5) is 14.8. The Morgan fingerprint density at radius 2 is 2.18 bits per heavy atom. The second-order valence-electron chi connectivity index (χ2n) is 3.49. The molecule has 0 aliphatic rings. The van der Waals surface area contributed by atoms with Crippen LogP contribution in [0.1, 0.15) is 23.0 Å². The zero-order valence-corrected chi connectivity index (χ0v) is 8.95. The molecule has 1 rings (SSSR count). The molecule has 1 amide bonds. The number of aliphatic hydroxyl groups excluding tert-OH is 1. The third kappa shape index (κ3) is 3.70. The summed E-state index contributed by atoms with van der Waals surface area (Å²) < 4.78 is 36.6. The lowest BCUT2D eigenvalue weighted by atomic mass is 10.2. The molecular formula is C10H11F3N2O2. The van der Waals surface area contributed by atoms with Gasteiger partial charge in [-0.15, -0.1) is 0 Å². The Labute approximate surface area is 95.5 Å². The first-order valence-corrected chi connectivity index (χ1v) is 4.79. The highest BCUT2D eigenvalue weighted by molar-refractivity contribution is 5.92. The second-order valence-corrected chi connectivity index (χ2v) is 3.49. The van der Waals surface area contributed by atoms with Gasteiger partial charge in [-0.3, -0.25) is 9.78 Å². The molecule has 1 unspecified atom stereocenters. The molecule has 0 saturated carbocycles. The molecule has 0 fully saturated rings. The Kier molecular flexibility index (Phi) is 4.06. The van der Waals surface area contributed by atoms with Gasteiger partial charge in [0.15, 0.2) is 0 Å². The molecule has 7 heteroatoms. The van der Waals surface area contributed by atoms with Gasteiger partial charge >= 0.3 is 6.18 Å². The van der Waals surface area contributed by atoms with Crippen LogP contribution < -0.4 is 5.32 Å². The van der Waals surface area contributed by atoms with Gasteiger partial charge in [0.1, 0.15) is 5.69 Å². The smallest absolute Gasteiger partial charge is 0.394 e. The van der Waals surface area contributed by atoms with Crippen LogP contribution >= 0.6 is 0 Å². The average molecular weight is 248 g/mol. The number of hydrogen-bond acceptors (Lipinski definition) is 3. The molecule has 0 aromatic carbocycles. The van der Waals surface area contributed by atoms with Crippen LogP contribution in [0.2, 0.25) is 0 Å². The maximum absolute atomic E-state index is 12.2. The molecule has 0 aliphatic carbocycles. The molecule has 17 heavy (non-hydrogen) atoms. The number of carbonyl (C=O) groups is 1. The van der Waals surface area contributed by atoms with Crippen molar-refractivity contribution in [3.8, 4) is 0 Å². The van der Waals surface area contributed by atoms with E-state index in [1.165, 1.54) is 0 Å². The van der Waals surface area contributed by atoms with Gasteiger partial charge in [-0.2, -0.15) is 13.2 Å². The van der Waals surface area contributed by atoms with Crippen molar-refractivity contribution < 1.29 is 23.1 Å². The topological polar surface area (TPSA) is 62.2 Å². The number of aliphatic hydroxyl groups is 1. The molecule has 94 valence electrons. The number of halogens is 3. The van der Waals surface area contributed by atoms with Gasteiger partial charge in [-0.1, -0.05) is 0 Å². The number of amides is 1. The summed E-state index contributed by atoms with van der Waals surface area (Å²) in [6.45, 7) is 1.30. The first-order chi connectivity index (χ1) is 7.84. The van der Waals surface area contributed by atoms with E-state index < -0.39 is 23.7 Å². The van der Waals surface area contributed by atoms with Crippen LogP contribution in [0.15, 0.2) is 18.3 Å². The molecule has 2 N–H and O–H groups in total. The van der Waals surface area contributed by atoms with Crippen molar-refractivity contribution in [2.75, 3.05) is 6.61 Å². The molecular weight excluding hydrogens is 237 g/mol. The van der Waals surface area contributed by atoms with Gasteiger partial charge in [-0.05, 0) is 19.1 Å². The Bertz CT molecular complexity index is 390. The van der Waals surface area contributed by atoms with Crippen molar-refractivity contribution in [3.05, 3.63) is 29.6 Å². The molecule has 0 aliphatic heterocycles. The third-order valence-electron chi connectivity index (χ3n) is 1.97. The van der Waals surface area contributed by atoms with Gasteiger partial charge in [0, 0.05) is 12.2 Å². The fourth-order valence-electron chi connectivity index (χ4n) is 1.04. The average Bonchev–Trinajstić information content (AvgIpc) is 2.27. The van der Waals surface area contributed by atoms with Crippen LogP contribution in [0.4, 0.5) is 13.2 Å². The van der Waals surface area contributed by atoms with Crippen LogP contribution in [0.5, 0.6) is 0 Å². The SMILES string of the molecule is CC(CO)NC(=O)c1ccc(C(F)(F)F)cn1. The van der Waals surface area contributed by atoms with E-state index in [0.717, 1.165) is 12.1 Å². The van der Waals surface area contributed by atoms with Crippen LogP contribution in [-0.2, 0) is 6.18 Å². The zero-order chi connectivity index (χ0) is 13.1. The highest BCUT2D eigenvalue weighted by Crippen LogP contribution is 2.28. The number of alkyl halides is 3. The molecule has 0 radical (unpaired) electrons. The van der Waals surface area contributed by atoms with Gasteiger partial charge in [0.25, 0.3) is 5.91 Å². The number of nitrogens with zero attached hydrogens (tertiary/aromatic N) is 1. The quantitative estimate of drug-likeness (QED) is 0.845. The Morgan fingerprint density at radius 1 is 1.53 bits per heavy atom. The molecule has 0 bridgehead atoms. The van der Waals surface area contributed by atoms with E-state index in [1.807, 2.05) is 0 Å². The van der Waals surface area contributed by atoms with E-state index in [2.05, 4.69) is 10.3 Å². The summed E-state index contributed by atoms with van der Waals surface area (Å²) in [6, 6.07) is 1.29. The number of rotatable bonds is 3. The van der Waals surface area contributed by atoms with Crippen molar-refractivity contribution in [3.63, 3.8) is 0 Å². The molecule has 1 aromatic rings. The standard InChI is InChI=1S/C10H11F3N2O2/c1-6(5-16)15-9(17)8-3-2-7(4-14-8)10(11,12)13/h2-4,6,16H,5H2,1H3,(H,15,17). The van der Waals surface area contributed by atoms with E-state index >= 15 is 0 Å². The maximum Gasteiger partial charge on any atom is 0.417 e. The fraction of sp³-hybridized carbons (Fsp3) is 0.400. The van der Waals surface area contributed by atoms with Gasteiger partial charge in [-0.25, -0.2) is 0 Å². The van der Waals surface area contributed by atoms with Crippen LogP contribution in [0.25, 0.3) is 0 Å². The summed E-state index contributed by atoms with van der Waals surface area (Å²) in [7, 11) is 0. The number of aromatic nitrogens is 1. The Morgan fingerprint density at radius 3 is 2.59 bits per heavy atom. The van der Waals surface area contributed by atoms with Gasteiger partial charge in [0.05, 0.1) is 12.2 Å². The number of nitrogens with one attached hydrogen (secondary N) is 1. The third-order valence-corrected chi connectivity index (χ3v) is 1.97.